The topological polar surface area (TPSA) is 28.7 Å². The van der Waals surface area contributed by atoms with Gasteiger partial charge in [-0.1, -0.05) is 35.2 Å². The van der Waals surface area contributed by atoms with Gasteiger partial charge in [0, 0.05) is 21.5 Å². The van der Waals surface area contributed by atoms with Crippen LogP contribution >= 0.6 is 15.9 Å². The summed E-state index contributed by atoms with van der Waals surface area (Å²) in [5.41, 5.74) is 2.43. The molecule has 0 bridgehead atoms. The highest BCUT2D eigenvalue weighted by Gasteiger charge is 2.19. The number of aromatic amines is 1. The standard InChI is InChI=1S/C13H15BrN2/c14-10-6-7-11-12(8-10)15-16-13(11)9-4-2-1-3-5-9/h6-9H,1-5H2,(H,15,16). The van der Waals surface area contributed by atoms with E-state index in [9.17, 15) is 0 Å². The molecule has 3 rings (SSSR count). The zero-order valence-corrected chi connectivity index (χ0v) is 10.8. The Hall–Kier alpha value is -0.830. The largest absolute Gasteiger partial charge is 0.281 e. The third-order valence-electron chi connectivity index (χ3n) is 3.56. The van der Waals surface area contributed by atoms with Gasteiger partial charge in [-0.05, 0) is 31.0 Å². The van der Waals surface area contributed by atoms with Gasteiger partial charge in [0.1, 0.15) is 0 Å². The van der Waals surface area contributed by atoms with Gasteiger partial charge in [-0.2, -0.15) is 5.10 Å². The summed E-state index contributed by atoms with van der Waals surface area (Å²) < 4.78 is 1.10. The fourth-order valence-electron chi connectivity index (χ4n) is 2.71. The van der Waals surface area contributed by atoms with Gasteiger partial charge in [0.25, 0.3) is 0 Å². The lowest BCUT2D eigenvalue weighted by Gasteiger charge is -2.20. The molecule has 84 valence electrons. The van der Waals surface area contributed by atoms with Gasteiger partial charge < -0.3 is 0 Å². The highest BCUT2D eigenvalue weighted by Crippen LogP contribution is 2.35. The number of benzene rings is 1. The lowest BCUT2D eigenvalue weighted by atomic mass is 9.86. The third kappa shape index (κ3) is 1.77. The molecular formula is C13H15BrN2. The van der Waals surface area contributed by atoms with Crippen LogP contribution in [0.4, 0.5) is 0 Å². The zero-order chi connectivity index (χ0) is 11.0. The Balaban J connectivity index is 2.03. The maximum absolute atomic E-state index is 4.40. The Morgan fingerprint density at radius 3 is 2.81 bits per heavy atom. The third-order valence-corrected chi connectivity index (χ3v) is 4.05. The molecule has 2 nitrogen and oxygen atoms in total. The summed E-state index contributed by atoms with van der Waals surface area (Å²) in [4.78, 5) is 0. The molecule has 1 aromatic carbocycles. The van der Waals surface area contributed by atoms with Crippen LogP contribution in [-0.2, 0) is 0 Å². The summed E-state index contributed by atoms with van der Waals surface area (Å²) in [6.07, 6.45) is 6.75. The quantitative estimate of drug-likeness (QED) is 0.824. The number of aromatic nitrogens is 2. The van der Waals surface area contributed by atoms with Crippen molar-refractivity contribution in [3.05, 3.63) is 28.4 Å². The number of nitrogens with zero attached hydrogens (tertiary/aromatic N) is 1. The first kappa shape index (κ1) is 10.3. The molecule has 1 N–H and O–H groups in total. The van der Waals surface area contributed by atoms with E-state index >= 15 is 0 Å². The molecule has 1 aromatic heterocycles. The minimum absolute atomic E-state index is 0.694. The van der Waals surface area contributed by atoms with Crippen molar-refractivity contribution in [1.82, 2.24) is 10.2 Å². The van der Waals surface area contributed by atoms with Crippen LogP contribution in [0.5, 0.6) is 0 Å². The van der Waals surface area contributed by atoms with E-state index in [2.05, 4.69) is 44.3 Å². The first-order valence-electron chi connectivity index (χ1n) is 5.98. The summed E-state index contributed by atoms with van der Waals surface area (Å²) in [6, 6.07) is 6.36. The van der Waals surface area contributed by atoms with E-state index in [4.69, 9.17) is 0 Å². The van der Waals surface area contributed by atoms with E-state index in [0.717, 1.165) is 9.99 Å². The van der Waals surface area contributed by atoms with Gasteiger partial charge in [-0.3, -0.25) is 5.10 Å². The molecule has 1 fully saturated rings. The summed E-state index contributed by atoms with van der Waals surface area (Å²) in [5.74, 6) is 0.694. The van der Waals surface area contributed by atoms with E-state index in [1.54, 1.807) is 0 Å². The van der Waals surface area contributed by atoms with Gasteiger partial charge in [0.15, 0.2) is 0 Å². The SMILES string of the molecule is Brc1ccc2c(C3CCCCC3)[nH]nc2c1. The molecule has 0 saturated heterocycles. The zero-order valence-electron chi connectivity index (χ0n) is 9.17. The fourth-order valence-corrected chi connectivity index (χ4v) is 3.06. The number of hydrogen-bond donors (Lipinski definition) is 1. The molecule has 0 spiro atoms. The minimum atomic E-state index is 0.694. The lowest BCUT2D eigenvalue weighted by Crippen LogP contribution is -2.05. The number of hydrogen-bond acceptors (Lipinski definition) is 1. The molecular weight excluding hydrogens is 264 g/mol. The second-order valence-corrected chi connectivity index (χ2v) is 5.55. The normalized spacial score (nSPS) is 18.1. The number of fused-ring (bicyclic) bond motifs is 1. The van der Waals surface area contributed by atoms with E-state index in [-0.39, 0.29) is 0 Å². The first-order chi connectivity index (χ1) is 7.84. The minimum Gasteiger partial charge on any atom is -0.281 e. The van der Waals surface area contributed by atoms with Crippen molar-refractivity contribution in [3.8, 4) is 0 Å². The van der Waals surface area contributed by atoms with Gasteiger partial charge in [-0.25, -0.2) is 0 Å². The second kappa shape index (κ2) is 4.21. The van der Waals surface area contributed by atoms with Crippen LogP contribution in [0.25, 0.3) is 10.9 Å². The maximum Gasteiger partial charge on any atom is 0.0935 e. The van der Waals surface area contributed by atoms with Crippen LogP contribution in [0.15, 0.2) is 22.7 Å². The fraction of sp³-hybridized carbons (Fsp3) is 0.462. The summed E-state index contributed by atoms with van der Waals surface area (Å²) in [5, 5.41) is 8.94. The summed E-state index contributed by atoms with van der Waals surface area (Å²) in [7, 11) is 0. The molecule has 0 aliphatic heterocycles. The monoisotopic (exact) mass is 278 g/mol. The van der Waals surface area contributed by atoms with Crippen molar-refractivity contribution in [2.24, 2.45) is 0 Å². The highest BCUT2D eigenvalue weighted by atomic mass is 79.9. The average molecular weight is 279 g/mol. The van der Waals surface area contributed by atoms with Crippen LogP contribution in [0.1, 0.15) is 43.7 Å². The molecule has 1 aliphatic carbocycles. The Labute approximate surface area is 104 Å². The van der Waals surface area contributed by atoms with Crippen LogP contribution in [-0.4, -0.2) is 10.2 Å². The molecule has 0 unspecified atom stereocenters. The number of H-pyrrole nitrogens is 1. The maximum atomic E-state index is 4.40. The molecule has 0 amide bonds. The summed E-state index contributed by atoms with van der Waals surface area (Å²) >= 11 is 3.48. The molecule has 1 heterocycles. The van der Waals surface area contributed by atoms with Gasteiger partial charge in [0.05, 0.1) is 5.52 Å². The highest BCUT2D eigenvalue weighted by molar-refractivity contribution is 9.10. The van der Waals surface area contributed by atoms with Crippen molar-refractivity contribution >= 4 is 26.8 Å². The van der Waals surface area contributed by atoms with Crippen molar-refractivity contribution in [2.45, 2.75) is 38.0 Å². The predicted octanol–water partition coefficient (Wildman–Crippen LogP) is 4.37. The van der Waals surface area contributed by atoms with Gasteiger partial charge >= 0.3 is 0 Å². The summed E-state index contributed by atoms with van der Waals surface area (Å²) in [6.45, 7) is 0. The average Bonchev–Trinajstić information content (AvgIpc) is 2.73. The second-order valence-electron chi connectivity index (χ2n) is 4.63. The Bertz CT molecular complexity index is 498. The molecule has 16 heavy (non-hydrogen) atoms. The lowest BCUT2D eigenvalue weighted by molar-refractivity contribution is 0.438. The smallest absolute Gasteiger partial charge is 0.0935 e. The van der Waals surface area contributed by atoms with E-state index in [1.165, 1.54) is 43.2 Å². The Morgan fingerprint density at radius 1 is 1.19 bits per heavy atom. The first-order valence-corrected chi connectivity index (χ1v) is 6.77. The van der Waals surface area contributed by atoms with Crippen molar-refractivity contribution in [3.63, 3.8) is 0 Å². The van der Waals surface area contributed by atoms with E-state index in [0.29, 0.717) is 5.92 Å². The predicted molar refractivity (Wildman–Crippen MR) is 69.6 cm³/mol. The van der Waals surface area contributed by atoms with Gasteiger partial charge in [0.2, 0.25) is 0 Å². The number of halogens is 1. The van der Waals surface area contributed by atoms with Crippen molar-refractivity contribution in [1.29, 1.82) is 0 Å². The van der Waals surface area contributed by atoms with Crippen LogP contribution in [0, 0.1) is 0 Å². The molecule has 2 aromatic rings. The number of rotatable bonds is 1. The van der Waals surface area contributed by atoms with E-state index < -0.39 is 0 Å². The molecule has 1 aliphatic rings. The molecule has 0 radical (unpaired) electrons. The Morgan fingerprint density at radius 2 is 2.00 bits per heavy atom. The molecule has 0 atom stereocenters. The van der Waals surface area contributed by atoms with Crippen molar-refractivity contribution in [2.75, 3.05) is 0 Å². The van der Waals surface area contributed by atoms with Crippen LogP contribution < -0.4 is 0 Å². The van der Waals surface area contributed by atoms with Gasteiger partial charge in [-0.15, -0.1) is 0 Å². The van der Waals surface area contributed by atoms with E-state index in [1.807, 2.05) is 0 Å². The number of nitrogens with one attached hydrogen (secondary N) is 1. The molecule has 3 heteroatoms. The van der Waals surface area contributed by atoms with Crippen molar-refractivity contribution < 1.29 is 0 Å². The molecule has 1 saturated carbocycles. The Kier molecular flexibility index (Phi) is 2.72. The van der Waals surface area contributed by atoms with Crippen LogP contribution in [0.3, 0.4) is 0 Å². The van der Waals surface area contributed by atoms with Crippen LogP contribution in [0.2, 0.25) is 0 Å².